The van der Waals surface area contributed by atoms with Crippen LogP contribution in [-0.4, -0.2) is 58.0 Å². The number of carbonyl (C=O) groups is 4. The second-order valence-electron chi connectivity index (χ2n) is 13.9. The number of ether oxygens (including phenoxy) is 1. The van der Waals surface area contributed by atoms with E-state index in [-0.39, 0.29) is 40.5 Å². The molecule has 11 nitrogen and oxygen atoms in total. The Morgan fingerprint density at radius 3 is 2.37 bits per heavy atom. The van der Waals surface area contributed by atoms with Crippen molar-refractivity contribution in [2.24, 2.45) is 23.7 Å². The maximum atomic E-state index is 15.4. The zero-order valence-electron chi connectivity index (χ0n) is 28.4. The summed E-state index contributed by atoms with van der Waals surface area (Å²) in [5.41, 5.74) is 3.34. The molecule has 0 bridgehead atoms. The lowest BCUT2D eigenvalue weighted by Crippen LogP contribution is -2.53. The van der Waals surface area contributed by atoms with Gasteiger partial charge in [-0.05, 0) is 90.4 Å². The highest BCUT2D eigenvalue weighted by atomic mass is 79.9. The number of hydrogen-bond acceptors (Lipinski definition) is 9. The van der Waals surface area contributed by atoms with Crippen LogP contribution in [0.5, 0.6) is 11.5 Å². The number of fused-ring (bicyclic) bond motifs is 4. The number of anilines is 2. The Bertz CT molecular complexity index is 2290. The molecule has 3 fully saturated rings. The van der Waals surface area contributed by atoms with Gasteiger partial charge in [0.05, 0.1) is 46.7 Å². The van der Waals surface area contributed by atoms with E-state index in [0.717, 1.165) is 9.91 Å². The Labute approximate surface area is 328 Å². The fraction of sp³-hybridized carbons (Fsp3) is 0.231. The normalized spacial score (nSPS) is 26.0. The molecule has 15 heteroatoms. The number of carbonyl (C=O) groups excluding carboxylic acids is 4. The third kappa shape index (κ3) is 5.47. The largest absolute Gasteiger partial charge is 0.508 e. The highest BCUT2D eigenvalue weighted by Gasteiger charge is 2.70. The minimum absolute atomic E-state index is 0.0175. The molecular weight excluding hydrogens is 800 g/mol. The fourth-order valence-electron chi connectivity index (χ4n) is 9.02. The molecule has 274 valence electrons. The fourth-order valence-corrected chi connectivity index (χ4v) is 9.85. The number of benzene rings is 4. The summed E-state index contributed by atoms with van der Waals surface area (Å²) in [4.78, 5) is 60.0. The van der Waals surface area contributed by atoms with Crippen LogP contribution in [0.1, 0.15) is 29.9 Å². The van der Waals surface area contributed by atoms with E-state index >= 15 is 4.79 Å². The van der Waals surface area contributed by atoms with E-state index in [9.17, 15) is 29.5 Å². The molecule has 0 radical (unpaired) electrons. The van der Waals surface area contributed by atoms with Crippen molar-refractivity contribution in [1.29, 1.82) is 0 Å². The van der Waals surface area contributed by atoms with Crippen molar-refractivity contribution in [3.05, 3.63) is 122 Å². The summed E-state index contributed by atoms with van der Waals surface area (Å²) in [6, 6.07) is 22.3. The smallest absolute Gasteiger partial charge is 0.488 e. The first-order valence-electron chi connectivity index (χ1n) is 17.1. The van der Waals surface area contributed by atoms with Gasteiger partial charge in [-0.25, -0.2) is 0 Å². The average molecular weight is 831 g/mol. The van der Waals surface area contributed by atoms with Crippen LogP contribution in [0.4, 0.5) is 11.4 Å². The third-order valence-corrected chi connectivity index (χ3v) is 12.3. The van der Waals surface area contributed by atoms with Gasteiger partial charge >= 0.3 is 7.12 Å². The number of rotatable bonds is 7. The van der Waals surface area contributed by atoms with Crippen molar-refractivity contribution in [2.45, 2.75) is 24.2 Å². The van der Waals surface area contributed by atoms with Crippen molar-refractivity contribution in [3.8, 4) is 11.5 Å². The van der Waals surface area contributed by atoms with Crippen LogP contribution in [0, 0.1) is 23.7 Å². The van der Waals surface area contributed by atoms with Crippen molar-refractivity contribution >= 4 is 86.7 Å². The van der Waals surface area contributed by atoms with Gasteiger partial charge in [0.1, 0.15) is 11.5 Å². The number of phenolic OH excluding ortho intramolecular Hbond substituents is 1. The van der Waals surface area contributed by atoms with Gasteiger partial charge in [-0.1, -0.05) is 75.0 Å². The summed E-state index contributed by atoms with van der Waals surface area (Å²) in [7, 11) is -0.300. The molecule has 4 aromatic rings. The number of allylic oxidation sites excluding steroid dienone is 2. The SMILES string of the molecule is COc1ccc([C@@]23C(=O)N(Nc4ccc(Cl)cc4Cl)C(=O)[C@@H]2C[C@@H]2C(=CC[C@@H]4C(=O)N(c5cccc(B(O)O)c5)C(=O)[C@@H]42)[C@@H]3c2cc(Br)ccc2O)cc1. The minimum atomic E-state index is -1.82. The van der Waals surface area contributed by atoms with E-state index in [2.05, 4.69) is 21.4 Å². The van der Waals surface area contributed by atoms with Crippen molar-refractivity contribution in [2.75, 3.05) is 17.4 Å². The summed E-state index contributed by atoms with van der Waals surface area (Å²) >= 11 is 16.2. The number of phenols is 1. The van der Waals surface area contributed by atoms with Crippen LogP contribution in [0.25, 0.3) is 0 Å². The van der Waals surface area contributed by atoms with Crippen LogP contribution in [0.15, 0.2) is 101 Å². The van der Waals surface area contributed by atoms with Crippen LogP contribution in [0.3, 0.4) is 0 Å². The molecule has 6 atom stereocenters. The highest BCUT2D eigenvalue weighted by molar-refractivity contribution is 9.10. The van der Waals surface area contributed by atoms with Gasteiger partial charge in [-0.15, -0.1) is 0 Å². The molecule has 2 heterocycles. The van der Waals surface area contributed by atoms with E-state index in [1.54, 1.807) is 54.6 Å². The molecule has 4 aliphatic rings. The highest BCUT2D eigenvalue weighted by Crippen LogP contribution is 2.65. The van der Waals surface area contributed by atoms with Crippen molar-refractivity contribution in [3.63, 3.8) is 0 Å². The summed E-state index contributed by atoms with van der Waals surface area (Å²) < 4.78 is 6.05. The molecule has 0 aromatic heterocycles. The number of amides is 4. The zero-order chi connectivity index (χ0) is 38.2. The standard InChI is InChI=1S/C39H31BBrCl2N3O8/c1-54-24-9-5-19(6-10-24)39-29(36(49)46(38(39)51)44-31-13-8-22(42)17-30(31)43)18-27-25(34(39)28-16-21(41)7-14-32(28)47)11-12-26-33(27)37(50)45(35(26)48)23-4-2-3-20(15-23)40(52)53/h2-11,13-17,26-27,29,33-34,44,47,52-53H,12,18H2,1H3/t26-,27+,29-,33-,34+,39+/m0/s1. The van der Waals surface area contributed by atoms with Crippen LogP contribution in [-0.2, 0) is 24.6 Å². The Balaban J connectivity index is 1.33. The summed E-state index contributed by atoms with van der Waals surface area (Å²) in [6.07, 6.45) is 2.05. The summed E-state index contributed by atoms with van der Waals surface area (Å²) in [6.45, 7) is 0. The Kier molecular flexibility index (Phi) is 9.13. The van der Waals surface area contributed by atoms with Gasteiger partial charge < -0.3 is 19.9 Å². The van der Waals surface area contributed by atoms with Crippen molar-refractivity contribution < 1.29 is 39.1 Å². The Hall–Kier alpha value is -4.66. The molecule has 2 saturated heterocycles. The molecule has 54 heavy (non-hydrogen) atoms. The van der Waals surface area contributed by atoms with E-state index in [1.165, 1.54) is 37.4 Å². The molecule has 1 saturated carbocycles. The molecule has 2 aliphatic carbocycles. The Morgan fingerprint density at radius 2 is 1.67 bits per heavy atom. The maximum absolute atomic E-state index is 15.4. The first-order valence-corrected chi connectivity index (χ1v) is 18.7. The van der Waals surface area contributed by atoms with Gasteiger partial charge in [0.2, 0.25) is 11.8 Å². The molecule has 2 aliphatic heterocycles. The van der Waals surface area contributed by atoms with E-state index in [0.29, 0.717) is 31.9 Å². The number of halogens is 3. The topological polar surface area (TPSA) is 157 Å². The van der Waals surface area contributed by atoms with Crippen molar-refractivity contribution in [1.82, 2.24) is 5.01 Å². The number of hydrogen-bond donors (Lipinski definition) is 4. The minimum Gasteiger partial charge on any atom is -0.508 e. The first-order chi connectivity index (χ1) is 25.9. The molecule has 0 unspecified atom stereocenters. The zero-order valence-corrected chi connectivity index (χ0v) is 31.5. The molecule has 8 rings (SSSR count). The molecule has 4 amide bonds. The van der Waals surface area contributed by atoms with Gasteiger partial charge in [0.15, 0.2) is 0 Å². The van der Waals surface area contributed by atoms with E-state index < -0.39 is 65.8 Å². The van der Waals surface area contributed by atoms with Gasteiger partial charge in [-0.3, -0.25) is 29.5 Å². The molecule has 4 aromatic carbocycles. The second kappa shape index (κ2) is 13.6. The average Bonchev–Trinajstić information content (AvgIpc) is 3.54. The number of nitrogens with zero attached hydrogens (tertiary/aromatic N) is 2. The first kappa shape index (κ1) is 36.3. The number of hydrazine groups is 1. The number of nitrogens with one attached hydrogen (secondary N) is 1. The molecule has 0 spiro atoms. The number of methoxy groups -OCH3 is 1. The monoisotopic (exact) mass is 829 g/mol. The predicted molar refractivity (Wildman–Crippen MR) is 205 cm³/mol. The summed E-state index contributed by atoms with van der Waals surface area (Å²) in [5.74, 6) is -6.21. The lowest BCUT2D eigenvalue weighted by Gasteiger charge is -2.50. The summed E-state index contributed by atoms with van der Waals surface area (Å²) in [5, 5.41) is 32.8. The maximum Gasteiger partial charge on any atom is 0.488 e. The third-order valence-electron chi connectivity index (χ3n) is 11.3. The lowest BCUT2D eigenvalue weighted by molar-refractivity contribution is -0.138. The van der Waals surface area contributed by atoms with Gasteiger partial charge in [0.25, 0.3) is 11.8 Å². The number of imide groups is 2. The molecular formula is C39H31BBrCl2N3O8. The van der Waals surface area contributed by atoms with E-state index in [4.69, 9.17) is 27.9 Å². The quantitative estimate of drug-likeness (QED) is 0.110. The van der Waals surface area contributed by atoms with E-state index in [1.807, 2.05) is 6.08 Å². The lowest BCUT2D eigenvalue weighted by atomic mass is 9.49. The van der Waals surface area contributed by atoms with Gasteiger partial charge in [-0.2, -0.15) is 5.01 Å². The molecule has 4 N–H and O–H groups in total. The predicted octanol–water partition coefficient (Wildman–Crippen LogP) is 5.34. The number of aromatic hydroxyl groups is 1. The Morgan fingerprint density at radius 1 is 0.907 bits per heavy atom. The van der Waals surface area contributed by atoms with Crippen LogP contribution in [0.2, 0.25) is 10.0 Å². The second-order valence-corrected chi connectivity index (χ2v) is 15.7. The van der Waals surface area contributed by atoms with Crippen LogP contribution >= 0.6 is 39.1 Å². The van der Waals surface area contributed by atoms with Crippen LogP contribution < -0.4 is 20.5 Å². The van der Waals surface area contributed by atoms with Gasteiger partial charge in [0, 0.05) is 21.0 Å².